The maximum Gasteiger partial charge on any atom is -0.0295 e. The third-order valence-electron chi connectivity index (χ3n) is 7.29. The molecule has 2 saturated carbocycles. The van der Waals surface area contributed by atoms with E-state index in [0.29, 0.717) is 5.41 Å². The van der Waals surface area contributed by atoms with Crippen LogP contribution in [0.1, 0.15) is 80.1 Å². The van der Waals surface area contributed by atoms with Gasteiger partial charge in [0.05, 0.1) is 0 Å². The van der Waals surface area contributed by atoms with Crippen molar-refractivity contribution in [2.24, 2.45) is 40.9 Å². The Morgan fingerprint density at radius 2 is 1.42 bits per heavy atom. The molecule has 0 nitrogen and oxygen atoms in total. The molecule has 2 bridgehead atoms. The minimum atomic E-state index is 0.546. The van der Waals surface area contributed by atoms with E-state index in [0.717, 1.165) is 35.5 Å². The van der Waals surface area contributed by atoms with Crippen molar-refractivity contribution in [1.29, 1.82) is 0 Å². The van der Waals surface area contributed by atoms with Gasteiger partial charge in [-0.15, -0.1) is 0 Å². The summed E-state index contributed by atoms with van der Waals surface area (Å²) in [6.45, 7) is 15.1. The average molecular weight is 264 g/mol. The quantitative estimate of drug-likeness (QED) is 0.573. The molecule has 0 aromatic carbocycles. The molecule has 0 saturated heterocycles. The van der Waals surface area contributed by atoms with E-state index in [1.165, 1.54) is 38.5 Å². The number of hydrogen-bond donors (Lipinski definition) is 0. The lowest BCUT2D eigenvalue weighted by atomic mass is 9.60. The molecule has 0 N–H and O–H groups in total. The first-order valence-corrected chi connectivity index (χ1v) is 8.98. The second-order valence-corrected chi connectivity index (χ2v) is 8.06. The van der Waals surface area contributed by atoms with Crippen molar-refractivity contribution >= 4 is 0 Å². The molecule has 2 fully saturated rings. The second kappa shape index (κ2) is 5.78. The van der Waals surface area contributed by atoms with E-state index in [1.54, 1.807) is 0 Å². The highest BCUT2D eigenvalue weighted by molar-refractivity contribution is 5.03. The van der Waals surface area contributed by atoms with E-state index in [1.807, 2.05) is 0 Å². The topological polar surface area (TPSA) is 0 Å². The molecule has 2 rings (SSSR count). The van der Waals surface area contributed by atoms with Crippen LogP contribution in [0.5, 0.6) is 0 Å². The molecule has 0 radical (unpaired) electrons. The SMILES string of the molecule is CCC1C2CCCC(C)C(C)(C)C(C1CC)C2CC. The number of rotatable bonds is 3. The van der Waals surface area contributed by atoms with Gasteiger partial charge in [0.1, 0.15) is 0 Å². The molecule has 0 heteroatoms. The standard InChI is InChI=1S/C19H36/c1-7-14-15(8-2)18-16(9-3)17(14)12-10-11-13(4)19(18,5)6/h13-18H,7-12H2,1-6H3. The Morgan fingerprint density at radius 1 is 0.842 bits per heavy atom. The zero-order valence-corrected chi connectivity index (χ0v) is 14.2. The Hall–Kier alpha value is 0. The Balaban J connectivity index is 2.42. The van der Waals surface area contributed by atoms with Gasteiger partial charge < -0.3 is 0 Å². The largest absolute Gasteiger partial charge is 0.0651 e. The second-order valence-electron chi connectivity index (χ2n) is 8.06. The lowest BCUT2D eigenvalue weighted by molar-refractivity contribution is 0.0342. The van der Waals surface area contributed by atoms with E-state index in [-0.39, 0.29) is 0 Å². The van der Waals surface area contributed by atoms with Gasteiger partial charge >= 0.3 is 0 Å². The fraction of sp³-hybridized carbons (Fsp3) is 1.00. The summed E-state index contributed by atoms with van der Waals surface area (Å²) in [5.74, 6) is 5.94. The maximum absolute atomic E-state index is 2.59. The van der Waals surface area contributed by atoms with E-state index < -0.39 is 0 Å². The summed E-state index contributed by atoms with van der Waals surface area (Å²) in [6, 6.07) is 0. The molecular weight excluding hydrogens is 228 g/mol. The first-order valence-electron chi connectivity index (χ1n) is 8.98. The Morgan fingerprint density at radius 3 is 1.95 bits per heavy atom. The Labute approximate surface area is 121 Å². The first-order chi connectivity index (χ1) is 8.98. The molecule has 2 aliphatic carbocycles. The maximum atomic E-state index is 2.59. The van der Waals surface area contributed by atoms with Crippen LogP contribution in [0.25, 0.3) is 0 Å². The van der Waals surface area contributed by atoms with E-state index in [2.05, 4.69) is 41.5 Å². The van der Waals surface area contributed by atoms with Gasteiger partial charge in [-0.1, -0.05) is 73.6 Å². The average Bonchev–Trinajstić information content (AvgIpc) is 2.71. The van der Waals surface area contributed by atoms with Gasteiger partial charge in [0.2, 0.25) is 0 Å². The fourth-order valence-corrected chi connectivity index (χ4v) is 6.10. The Bertz CT molecular complexity index is 284. The summed E-state index contributed by atoms with van der Waals surface area (Å²) in [5.41, 5.74) is 0.546. The highest BCUT2D eigenvalue weighted by Crippen LogP contribution is 2.61. The molecule has 0 heterocycles. The van der Waals surface area contributed by atoms with Crippen molar-refractivity contribution in [3.8, 4) is 0 Å². The van der Waals surface area contributed by atoms with Gasteiger partial charge in [-0.2, -0.15) is 0 Å². The molecule has 6 atom stereocenters. The predicted molar refractivity (Wildman–Crippen MR) is 85.1 cm³/mol. The van der Waals surface area contributed by atoms with Crippen LogP contribution in [-0.2, 0) is 0 Å². The summed E-state index contributed by atoms with van der Waals surface area (Å²) < 4.78 is 0. The summed E-state index contributed by atoms with van der Waals surface area (Å²) in [6.07, 6.45) is 8.70. The van der Waals surface area contributed by atoms with Gasteiger partial charge in [0.25, 0.3) is 0 Å². The van der Waals surface area contributed by atoms with Gasteiger partial charge in [-0.05, 0) is 47.3 Å². The lowest BCUT2D eigenvalue weighted by Gasteiger charge is -2.45. The molecular formula is C19H36. The van der Waals surface area contributed by atoms with Crippen LogP contribution in [-0.4, -0.2) is 0 Å². The van der Waals surface area contributed by atoms with Crippen LogP contribution >= 0.6 is 0 Å². The highest BCUT2D eigenvalue weighted by Gasteiger charge is 2.54. The van der Waals surface area contributed by atoms with Crippen LogP contribution in [0.3, 0.4) is 0 Å². The van der Waals surface area contributed by atoms with Crippen LogP contribution in [0.4, 0.5) is 0 Å². The van der Waals surface area contributed by atoms with Crippen molar-refractivity contribution in [3.05, 3.63) is 0 Å². The monoisotopic (exact) mass is 264 g/mol. The highest BCUT2D eigenvalue weighted by atomic mass is 14.6. The van der Waals surface area contributed by atoms with E-state index in [9.17, 15) is 0 Å². The van der Waals surface area contributed by atoms with Crippen molar-refractivity contribution in [1.82, 2.24) is 0 Å². The number of fused-ring (bicyclic) bond motifs is 2. The summed E-state index contributed by atoms with van der Waals surface area (Å²) in [4.78, 5) is 0. The molecule has 0 amide bonds. The molecule has 2 aliphatic rings. The predicted octanol–water partition coefficient (Wildman–Crippen LogP) is 6.16. The molecule has 19 heavy (non-hydrogen) atoms. The van der Waals surface area contributed by atoms with Gasteiger partial charge in [-0.3, -0.25) is 0 Å². The minimum Gasteiger partial charge on any atom is -0.0651 e. The minimum absolute atomic E-state index is 0.546. The van der Waals surface area contributed by atoms with Crippen LogP contribution in [0.2, 0.25) is 0 Å². The third kappa shape index (κ3) is 2.38. The van der Waals surface area contributed by atoms with E-state index >= 15 is 0 Å². The van der Waals surface area contributed by atoms with Crippen molar-refractivity contribution in [2.45, 2.75) is 80.1 Å². The molecule has 112 valence electrons. The zero-order valence-electron chi connectivity index (χ0n) is 14.2. The van der Waals surface area contributed by atoms with E-state index in [4.69, 9.17) is 0 Å². The molecule has 0 spiro atoms. The smallest absolute Gasteiger partial charge is 0.0295 e. The summed E-state index contributed by atoms with van der Waals surface area (Å²) in [5, 5.41) is 0. The zero-order chi connectivity index (χ0) is 14.2. The first kappa shape index (κ1) is 15.4. The van der Waals surface area contributed by atoms with Crippen LogP contribution in [0, 0.1) is 40.9 Å². The third-order valence-corrected chi connectivity index (χ3v) is 7.29. The molecule has 6 unspecified atom stereocenters. The van der Waals surface area contributed by atoms with Gasteiger partial charge in [-0.25, -0.2) is 0 Å². The summed E-state index contributed by atoms with van der Waals surface area (Å²) in [7, 11) is 0. The van der Waals surface area contributed by atoms with Crippen molar-refractivity contribution < 1.29 is 0 Å². The molecule has 0 aromatic rings. The summed E-state index contributed by atoms with van der Waals surface area (Å²) >= 11 is 0. The lowest BCUT2D eigenvalue weighted by Crippen LogP contribution is -2.38. The molecule has 0 aliphatic heterocycles. The number of hydrogen-bond acceptors (Lipinski definition) is 0. The van der Waals surface area contributed by atoms with Gasteiger partial charge in [0.15, 0.2) is 0 Å². The van der Waals surface area contributed by atoms with Gasteiger partial charge in [0, 0.05) is 0 Å². The van der Waals surface area contributed by atoms with Crippen LogP contribution in [0.15, 0.2) is 0 Å². The van der Waals surface area contributed by atoms with Crippen molar-refractivity contribution in [3.63, 3.8) is 0 Å². The Kier molecular flexibility index (Phi) is 4.68. The normalized spacial score (nSPS) is 45.8. The molecule has 0 aromatic heterocycles. The fourth-order valence-electron chi connectivity index (χ4n) is 6.10. The van der Waals surface area contributed by atoms with Crippen molar-refractivity contribution in [2.75, 3.05) is 0 Å². The van der Waals surface area contributed by atoms with Crippen LogP contribution < -0.4 is 0 Å².